The van der Waals surface area contributed by atoms with E-state index >= 15 is 0 Å². The van der Waals surface area contributed by atoms with E-state index in [1.165, 1.54) is 12.1 Å². The van der Waals surface area contributed by atoms with Gasteiger partial charge in [-0.25, -0.2) is 9.18 Å². The lowest BCUT2D eigenvalue weighted by molar-refractivity contribution is 0.0375. The van der Waals surface area contributed by atoms with Crippen LogP contribution in [0.2, 0.25) is 0 Å². The zero-order chi connectivity index (χ0) is 18.4. The maximum Gasteiger partial charge on any atom is 0.335 e. The van der Waals surface area contributed by atoms with E-state index in [1.54, 1.807) is 0 Å². The van der Waals surface area contributed by atoms with Gasteiger partial charge < -0.3 is 9.84 Å². The zero-order valence-electron chi connectivity index (χ0n) is 14.1. The average molecular weight is 350 g/mol. The van der Waals surface area contributed by atoms with Crippen molar-refractivity contribution in [1.29, 1.82) is 0 Å². The summed E-state index contributed by atoms with van der Waals surface area (Å²) in [5.74, 6) is -1.72. The Morgan fingerprint density at radius 1 is 0.923 bits per heavy atom. The molecular formula is C22H19FO3. The fourth-order valence-corrected chi connectivity index (χ4v) is 2.78. The van der Waals surface area contributed by atoms with Crippen LogP contribution in [0, 0.1) is 5.82 Å². The molecule has 3 aromatic carbocycles. The third-order valence-electron chi connectivity index (χ3n) is 4.15. The number of aromatic carboxylic acids is 1. The van der Waals surface area contributed by atoms with Crippen molar-refractivity contribution >= 4 is 5.97 Å². The molecular weight excluding hydrogens is 331 g/mol. The van der Waals surface area contributed by atoms with Crippen LogP contribution in [-0.2, 0) is 17.8 Å². The van der Waals surface area contributed by atoms with Gasteiger partial charge in [0.05, 0.1) is 18.3 Å². The van der Waals surface area contributed by atoms with Gasteiger partial charge in [0, 0.05) is 12.0 Å². The summed E-state index contributed by atoms with van der Waals surface area (Å²) in [7, 11) is 0. The molecule has 0 aliphatic rings. The van der Waals surface area contributed by atoms with Gasteiger partial charge in [-0.1, -0.05) is 66.7 Å². The van der Waals surface area contributed by atoms with E-state index in [1.807, 2.05) is 60.7 Å². The van der Waals surface area contributed by atoms with Gasteiger partial charge in [-0.05, 0) is 23.3 Å². The van der Waals surface area contributed by atoms with Crippen molar-refractivity contribution in [3.05, 3.63) is 107 Å². The number of carboxylic acid groups (broad SMARTS) is 1. The van der Waals surface area contributed by atoms with Crippen LogP contribution in [0.3, 0.4) is 0 Å². The number of benzene rings is 3. The highest BCUT2D eigenvalue weighted by atomic mass is 19.1. The fourth-order valence-electron chi connectivity index (χ4n) is 2.78. The van der Waals surface area contributed by atoms with E-state index in [0.717, 1.165) is 17.2 Å². The quantitative estimate of drug-likeness (QED) is 0.650. The number of ether oxygens (including phenoxy) is 1. The number of carboxylic acids is 1. The molecule has 0 radical (unpaired) electrons. The molecule has 0 heterocycles. The molecule has 0 fully saturated rings. The molecule has 132 valence electrons. The van der Waals surface area contributed by atoms with Crippen molar-refractivity contribution in [3.63, 3.8) is 0 Å². The molecule has 0 aliphatic carbocycles. The minimum atomic E-state index is -1.15. The van der Waals surface area contributed by atoms with Gasteiger partial charge in [-0.2, -0.15) is 0 Å². The summed E-state index contributed by atoms with van der Waals surface area (Å²) in [5, 5.41) is 9.03. The molecule has 4 heteroatoms. The SMILES string of the molecule is O=C(O)c1ccc(C(Cc2ccccc2)OCc2ccccc2)c(F)c1. The van der Waals surface area contributed by atoms with Crippen molar-refractivity contribution in [3.8, 4) is 0 Å². The van der Waals surface area contributed by atoms with Crippen molar-refractivity contribution in [2.45, 2.75) is 19.1 Å². The lowest BCUT2D eigenvalue weighted by Gasteiger charge is -2.20. The number of hydrogen-bond acceptors (Lipinski definition) is 2. The molecule has 0 amide bonds. The van der Waals surface area contributed by atoms with Gasteiger partial charge in [-0.15, -0.1) is 0 Å². The third kappa shape index (κ3) is 4.55. The van der Waals surface area contributed by atoms with Crippen molar-refractivity contribution < 1.29 is 19.0 Å². The van der Waals surface area contributed by atoms with Gasteiger partial charge in [0.25, 0.3) is 0 Å². The molecule has 1 unspecified atom stereocenters. The Morgan fingerprint density at radius 3 is 2.12 bits per heavy atom. The summed E-state index contributed by atoms with van der Waals surface area (Å²) in [4.78, 5) is 11.0. The Hall–Kier alpha value is -2.98. The predicted octanol–water partition coefficient (Wildman–Crippen LogP) is 5.02. The van der Waals surface area contributed by atoms with E-state index in [9.17, 15) is 9.18 Å². The molecule has 3 nitrogen and oxygen atoms in total. The molecule has 0 bridgehead atoms. The first-order valence-corrected chi connectivity index (χ1v) is 8.35. The molecule has 0 aliphatic heterocycles. The summed E-state index contributed by atoms with van der Waals surface area (Å²) < 4.78 is 20.6. The maximum absolute atomic E-state index is 14.5. The van der Waals surface area contributed by atoms with Gasteiger partial charge in [-0.3, -0.25) is 0 Å². The Labute approximate surface area is 151 Å². The molecule has 1 N–H and O–H groups in total. The van der Waals surface area contributed by atoms with Crippen LogP contribution >= 0.6 is 0 Å². The summed E-state index contributed by atoms with van der Waals surface area (Å²) in [6, 6.07) is 23.3. The second-order valence-corrected chi connectivity index (χ2v) is 6.02. The molecule has 1 atom stereocenters. The van der Waals surface area contributed by atoms with E-state index in [-0.39, 0.29) is 5.56 Å². The van der Waals surface area contributed by atoms with Crippen molar-refractivity contribution in [2.75, 3.05) is 0 Å². The van der Waals surface area contributed by atoms with E-state index < -0.39 is 17.9 Å². The van der Waals surface area contributed by atoms with Gasteiger partial charge in [0.15, 0.2) is 0 Å². The summed E-state index contributed by atoms with van der Waals surface area (Å²) in [6.45, 7) is 0.346. The molecule has 0 saturated heterocycles. The Kier molecular flexibility index (Phi) is 5.77. The van der Waals surface area contributed by atoms with E-state index in [2.05, 4.69) is 0 Å². The van der Waals surface area contributed by atoms with Crippen LogP contribution in [0.25, 0.3) is 0 Å². The smallest absolute Gasteiger partial charge is 0.335 e. The zero-order valence-corrected chi connectivity index (χ0v) is 14.1. The number of carbonyl (C=O) groups is 1. The van der Waals surface area contributed by atoms with E-state index in [0.29, 0.717) is 18.6 Å². The van der Waals surface area contributed by atoms with Crippen molar-refractivity contribution in [1.82, 2.24) is 0 Å². The highest BCUT2D eigenvalue weighted by molar-refractivity contribution is 5.87. The second kappa shape index (κ2) is 8.41. The first kappa shape index (κ1) is 17.8. The largest absolute Gasteiger partial charge is 0.478 e. The normalized spacial score (nSPS) is 11.9. The topological polar surface area (TPSA) is 46.5 Å². The average Bonchev–Trinajstić information content (AvgIpc) is 2.67. The monoisotopic (exact) mass is 350 g/mol. The van der Waals surface area contributed by atoms with Gasteiger partial charge in [0.2, 0.25) is 0 Å². The summed E-state index contributed by atoms with van der Waals surface area (Å²) >= 11 is 0. The first-order chi connectivity index (χ1) is 12.6. The fraction of sp³-hybridized carbons (Fsp3) is 0.136. The van der Waals surface area contributed by atoms with Gasteiger partial charge >= 0.3 is 5.97 Å². The summed E-state index contributed by atoms with van der Waals surface area (Å²) in [5.41, 5.74) is 2.29. The Bertz CT molecular complexity index is 863. The van der Waals surface area contributed by atoms with Crippen LogP contribution in [0.5, 0.6) is 0 Å². The lowest BCUT2D eigenvalue weighted by Crippen LogP contribution is -2.11. The molecule has 26 heavy (non-hydrogen) atoms. The van der Waals surface area contributed by atoms with Crippen molar-refractivity contribution in [2.24, 2.45) is 0 Å². The first-order valence-electron chi connectivity index (χ1n) is 8.35. The number of halogens is 1. The highest BCUT2D eigenvalue weighted by Gasteiger charge is 2.19. The number of rotatable bonds is 7. The third-order valence-corrected chi connectivity index (χ3v) is 4.15. The van der Waals surface area contributed by atoms with Crippen LogP contribution < -0.4 is 0 Å². The summed E-state index contributed by atoms with van der Waals surface area (Å²) in [6.07, 6.45) is -0.0164. The molecule has 0 saturated carbocycles. The molecule has 3 rings (SSSR count). The van der Waals surface area contributed by atoms with Crippen LogP contribution in [0.15, 0.2) is 78.9 Å². The lowest BCUT2D eigenvalue weighted by atomic mass is 9.99. The minimum absolute atomic E-state index is 0.0761. The molecule has 3 aromatic rings. The van der Waals surface area contributed by atoms with Crippen LogP contribution in [0.4, 0.5) is 4.39 Å². The molecule has 0 aromatic heterocycles. The predicted molar refractivity (Wildman–Crippen MR) is 97.5 cm³/mol. The standard InChI is InChI=1S/C22H19FO3/c23-20-14-18(22(24)25)11-12-19(20)21(13-16-7-3-1-4-8-16)26-15-17-9-5-2-6-10-17/h1-12,14,21H,13,15H2,(H,24,25). The Balaban J connectivity index is 1.85. The maximum atomic E-state index is 14.5. The molecule has 0 spiro atoms. The van der Waals surface area contributed by atoms with E-state index in [4.69, 9.17) is 9.84 Å². The van der Waals surface area contributed by atoms with Crippen LogP contribution in [-0.4, -0.2) is 11.1 Å². The Morgan fingerprint density at radius 2 is 1.54 bits per heavy atom. The highest BCUT2D eigenvalue weighted by Crippen LogP contribution is 2.27. The second-order valence-electron chi connectivity index (χ2n) is 6.02. The number of hydrogen-bond donors (Lipinski definition) is 1. The van der Waals surface area contributed by atoms with Gasteiger partial charge in [0.1, 0.15) is 5.82 Å². The minimum Gasteiger partial charge on any atom is -0.478 e. The van der Waals surface area contributed by atoms with Crippen LogP contribution in [0.1, 0.15) is 33.2 Å².